The molecule has 1 fully saturated rings. The number of imidazole rings is 1. The second kappa shape index (κ2) is 5.83. The van der Waals surface area contributed by atoms with Gasteiger partial charge in [-0.15, -0.1) is 0 Å². The summed E-state index contributed by atoms with van der Waals surface area (Å²) in [6, 6.07) is 0.277. The fraction of sp³-hybridized carbons (Fsp3) is 0.588. The van der Waals surface area contributed by atoms with Crippen LogP contribution in [-0.4, -0.2) is 43.2 Å². The smallest absolute Gasteiger partial charge is 0.274 e. The predicted octanol–water partition coefficient (Wildman–Crippen LogP) is 2.20. The Hall–Kier alpha value is -2.11. The Morgan fingerprint density at radius 3 is 2.91 bits per heavy atom. The van der Waals surface area contributed by atoms with Crippen LogP contribution in [0.5, 0.6) is 0 Å². The molecule has 1 amide bonds. The molecule has 0 radical (unpaired) electrons. The molecule has 4 heterocycles. The number of likely N-dealkylation sites (tertiary alicyclic amines) is 1. The van der Waals surface area contributed by atoms with Crippen molar-refractivity contribution in [3.05, 3.63) is 35.7 Å². The number of hydrogen-bond acceptors (Lipinski definition) is 3. The lowest BCUT2D eigenvalue weighted by atomic mass is 10.1. The van der Waals surface area contributed by atoms with E-state index in [0.29, 0.717) is 5.69 Å². The van der Waals surface area contributed by atoms with Gasteiger partial charge in [0, 0.05) is 38.4 Å². The van der Waals surface area contributed by atoms with Crippen molar-refractivity contribution >= 4 is 5.91 Å². The Balaban J connectivity index is 1.50. The standard InChI is InChI=1S/C17H23N5O/c1-13-9-18-22(10-13)14-5-4-8-21(11-14)17(23)15-12-20-7-3-2-6-16(20)19-15/h9-10,12,14H,2-8,11H2,1H3. The van der Waals surface area contributed by atoms with Crippen LogP contribution in [0.3, 0.4) is 0 Å². The average molecular weight is 313 g/mol. The first-order valence-electron chi connectivity index (χ1n) is 8.57. The van der Waals surface area contributed by atoms with Crippen LogP contribution < -0.4 is 0 Å². The number of hydrogen-bond donors (Lipinski definition) is 0. The Bertz CT molecular complexity index is 693. The Kier molecular flexibility index (Phi) is 3.67. The maximum atomic E-state index is 12.8. The summed E-state index contributed by atoms with van der Waals surface area (Å²) in [7, 11) is 0. The zero-order valence-corrected chi connectivity index (χ0v) is 13.6. The molecule has 122 valence electrons. The second-order valence-corrected chi connectivity index (χ2v) is 6.74. The Morgan fingerprint density at radius 2 is 2.13 bits per heavy atom. The van der Waals surface area contributed by atoms with E-state index in [4.69, 9.17) is 0 Å². The first-order chi connectivity index (χ1) is 11.2. The van der Waals surface area contributed by atoms with Crippen molar-refractivity contribution in [3.8, 4) is 0 Å². The lowest BCUT2D eigenvalue weighted by Gasteiger charge is -2.32. The van der Waals surface area contributed by atoms with Crippen LogP contribution in [0.1, 0.15) is 53.6 Å². The van der Waals surface area contributed by atoms with Gasteiger partial charge in [-0.2, -0.15) is 5.10 Å². The minimum absolute atomic E-state index is 0.0699. The van der Waals surface area contributed by atoms with Crippen LogP contribution in [0.15, 0.2) is 18.6 Å². The van der Waals surface area contributed by atoms with Crippen LogP contribution in [-0.2, 0) is 13.0 Å². The van der Waals surface area contributed by atoms with E-state index in [1.165, 1.54) is 12.8 Å². The van der Waals surface area contributed by atoms with Gasteiger partial charge in [-0.1, -0.05) is 0 Å². The van der Waals surface area contributed by atoms with Crippen molar-refractivity contribution in [2.75, 3.05) is 13.1 Å². The van der Waals surface area contributed by atoms with Gasteiger partial charge in [-0.05, 0) is 38.2 Å². The number of piperidine rings is 1. The number of aryl methyl sites for hydroxylation is 3. The third kappa shape index (κ3) is 2.78. The summed E-state index contributed by atoms with van der Waals surface area (Å²) in [5.74, 6) is 1.14. The lowest BCUT2D eigenvalue weighted by molar-refractivity contribution is 0.0667. The van der Waals surface area contributed by atoms with Gasteiger partial charge in [-0.3, -0.25) is 9.48 Å². The van der Waals surface area contributed by atoms with E-state index in [1.54, 1.807) is 0 Å². The molecule has 1 atom stereocenters. The highest BCUT2D eigenvalue weighted by atomic mass is 16.2. The summed E-state index contributed by atoms with van der Waals surface area (Å²) in [5.41, 5.74) is 1.77. The summed E-state index contributed by atoms with van der Waals surface area (Å²) < 4.78 is 4.15. The normalized spacial score (nSPS) is 21.3. The molecule has 0 spiro atoms. The summed E-state index contributed by atoms with van der Waals surface area (Å²) in [4.78, 5) is 19.3. The molecule has 1 saturated heterocycles. The molecule has 0 aromatic carbocycles. The van der Waals surface area contributed by atoms with E-state index in [0.717, 1.165) is 50.3 Å². The number of rotatable bonds is 2. The van der Waals surface area contributed by atoms with Gasteiger partial charge < -0.3 is 9.47 Å². The van der Waals surface area contributed by atoms with Crippen LogP contribution in [0.4, 0.5) is 0 Å². The zero-order chi connectivity index (χ0) is 15.8. The SMILES string of the molecule is Cc1cnn(C2CCCN(C(=O)c3cn4c(n3)CCCC4)C2)c1. The maximum absolute atomic E-state index is 12.8. The molecule has 6 nitrogen and oxygen atoms in total. The molecule has 6 heteroatoms. The van der Waals surface area contributed by atoms with E-state index >= 15 is 0 Å². The molecule has 0 saturated carbocycles. The highest BCUT2D eigenvalue weighted by Crippen LogP contribution is 2.23. The predicted molar refractivity (Wildman–Crippen MR) is 86.3 cm³/mol. The summed E-state index contributed by atoms with van der Waals surface area (Å²) in [5, 5.41) is 4.42. The number of carbonyl (C=O) groups is 1. The van der Waals surface area contributed by atoms with Crippen molar-refractivity contribution in [1.82, 2.24) is 24.2 Å². The molecule has 1 unspecified atom stereocenters. The fourth-order valence-electron chi connectivity index (χ4n) is 3.67. The average Bonchev–Trinajstić information content (AvgIpc) is 3.20. The number of fused-ring (bicyclic) bond motifs is 1. The Labute approximate surface area is 136 Å². The number of amides is 1. The fourth-order valence-corrected chi connectivity index (χ4v) is 3.67. The summed E-state index contributed by atoms with van der Waals surface area (Å²) in [6.07, 6.45) is 11.3. The van der Waals surface area contributed by atoms with Gasteiger partial charge in [0.2, 0.25) is 0 Å². The van der Waals surface area contributed by atoms with Gasteiger partial charge in [0.05, 0.1) is 12.2 Å². The monoisotopic (exact) mass is 313 g/mol. The van der Waals surface area contributed by atoms with Gasteiger partial charge in [0.1, 0.15) is 11.5 Å². The minimum atomic E-state index is 0.0699. The molecule has 0 aliphatic carbocycles. The van der Waals surface area contributed by atoms with Gasteiger partial charge in [-0.25, -0.2) is 4.98 Å². The highest BCUT2D eigenvalue weighted by molar-refractivity contribution is 5.92. The maximum Gasteiger partial charge on any atom is 0.274 e. The molecule has 4 rings (SSSR count). The molecule has 2 aromatic heterocycles. The van der Waals surface area contributed by atoms with E-state index in [1.807, 2.05) is 28.9 Å². The van der Waals surface area contributed by atoms with Crippen LogP contribution in [0.2, 0.25) is 0 Å². The van der Waals surface area contributed by atoms with Gasteiger partial charge in [0.15, 0.2) is 0 Å². The summed E-state index contributed by atoms with van der Waals surface area (Å²) >= 11 is 0. The topological polar surface area (TPSA) is 56.0 Å². The first kappa shape index (κ1) is 14.5. The van der Waals surface area contributed by atoms with Crippen molar-refractivity contribution in [1.29, 1.82) is 0 Å². The van der Waals surface area contributed by atoms with Gasteiger partial charge in [0.25, 0.3) is 5.91 Å². The summed E-state index contributed by atoms with van der Waals surface area (Å²) in [6.45, 7) is 4.58. The third-order valence-corrected chi connectivity index (χ3v) is 4.92. The Morgan fingerprint density at radius 1 is 1.22 bits per heavy atom. The molecular weight excluding hydrogens is 290 g/mol. The third-order valence-electron chi connectivity index (χ3n) is 4.92. The van der Waals surface area contributed by atoms with Crippen LogP contribution in [0, 0.1) is 6.92 Å². The largest absolute Gasteiger partial charge is 0.335 e. The molecule has 0 bridgehead atoms. The zero-order valence-electron chi connectivity index (χ0n) is 13.6. The highest BCUT2D eigenvalue weighted by Gasteiger charge is 2.28. The number of nitrogens with zero attached hydrogens (tertiary/aromatic N) is 5. The van der Waals surface area contributed by atoms with E-state index in [2.05, 4.69) is 20.8 Å². The van der Waals surface area contributed by atoms with Crippen molar-refractivity contribution in [2.45, 2.75) is 51.6 Å². The lowest BCUT2D eigenvalue weighted by Crippen LogP contribution is -2.41. The quantitative estimate of drug-likeness (QED) is 0.854. The number of carbonyl (C=O) groups excluding carboxylic acids is 1. The molecular formula is C17H23N5O. The van der Waals surface area contributed by atoms with Crippen molar-refractivity contribution in [3.63, 3.8) is 0 Å². The van der Waals surface area contributed by atoms with E-state index in [-0.39, 0.29) is 11.9 Å². The second-order valence-electron chi connectivity index (χ2n) is 6.74. The van der Waals surface area contributed by atoms with Crippen molar-refractivity contribution in [2.24, 2.45) is 0 Å². The molecule has 23 heavy (non-hydrogen) atoms. The molecule has 2 aliphatic rings. The minimum Gasteiger partial charge on any atom is -0.335 e. The number of aromatic nitrogens is 4. The van der Waals surface area contributed by atoms with Crippen molar-refractivity contribution < 1.29 is 4.79 Å². The molecule has 0 N–H and O–H groups in total. The molecule has 2 aliphatic heterocycles. The van der Waals surface area contributed by atoms with Crippen LogP contribution in [0.25, 0.3) is 0 Å². The van der Waals surface area contributed by atoms with E-state index in [9.17, 15) is 4.79 Å². The molecule has 2 aromatic rings. The van der Waals surface area contributed by atoms with Gasteiger partial charge >= 0.3 is 0 Å². The first-order valence-corrected chi connectivity index (χ1v) is 8.57. The van der Waals surface area contributed by atoms with E-state index < -0.39 is 0 Å². The van der Waals surface area contributed by atoms with Crippen LogP contribution >= 0.6 is 0 Å².